The van der Waals surface area contributed by atoms with E-state index in [1.54, 1.807) is 31.2 Å². The Hall–Kier alpha value is -2.29. The number of methoxy groups -OCH3 is 1. The van der Waals surface area contributed by atoms with E-state index in [1.807, 2.05) is 0 Å². The van der Waals surface area contributed by atoms with Crippen LogP contribution in [0.2, 0.25) is 5.15 Å². The van der Waals surface area contributed by atoms with Gasteiger partial charge in [0.05, 0.1) is 13.2 Å². The number of fused-ring (bicyclic) bond motifs is 1. The second kappa shape index (κ2) is 7.03. The summed E-state index contributed by atoms with van der Waals surface area (Å²) in [5.41, 5.74) is -0.665. The fourth-order valence-electron chi connectivity index (χ4n) is 3.19. The molecule has 0 amide bonds. The second-order valence-electron chi connectivity index (χ2n) is 6.18. The van der Waals surface area contributed by atoms with Crippen LogP contribution in [0.4, 0.5) is 23.5 Å². The number of halogens is 5. The van der Waals surface area contributed by atoms with Crippen molar-refractivity contribution in [3.8, 4) is 5.75 Å². The third kappa shape index (κ3) is 3.47. The minimum atomic E-state index is -4.71. The van der Waals surface area contributed by atoms with Crippen LogP contribution in [-0.2, 0) is 0 Å². The summed E-state index contributed by atoms with van der Waals surface area (Å²) >= 11 is 5.64. The summed E-state index contributed by atoms with van der Waals surface area (Å²) in [5.74, 6) is -1.17. The van der Waals surface area contributed by atoms with Gasteiger partial charge in [-0.15, -0.1) is 0 Å². The molecular formula is C17H16ClF4N3O2. The Kier molecular flexibility index (Phi) is 5.07. The van der Waals surface area contributed by atoms with Crippen LogP contribution in [0.15, 0.2) is 29.1 Å². The molecule has 0 bridgehead atoms. The molecular weight excluding hydrogens is 390 g/mol. The highest BCUT2D eigenvalue weighted by atomic mass is 35.5. The molecule has 1 unspecified atom stereocenters. The first-order chi connectivity index (χ1) is 12.6. The Morgan fingerprint density at radius 3 is 2.48 bits per heavy atom. The number of nitrogens with zero attached hydrogens (tertiary/aromatic N) is 3. The Labute approximate surface area is 157 Å². The van der Waals surface area contributed by atoms with Crippen molar-refractivity contribution < 1.29 is 22.3 Å². The Balaban J connectivity index is 2.10. The molecule has 27 heavy (non-hydrogen) atoms. The van der Waals surface area contributed by atoms with Gasteiger partial charge < -0.3 is 9.64 Å². The van der Waals surface area contributed by atoms with Crippen LogP contribution in [0.3, 0.4) is 0 Å². The van der Waals surface area contributed by atoms with Crippen molar-refractivity contribution in [1.29, 1.82) is 0 Å². The SMILES string of the molecule is COc1ccc([C@H](C)N2CCC(C(F)(F)F)n3c2nc(Cl)c(F)c3=O)cc1. The maximum Gasteiger partial charge on any atom is 0.409 e. The average Bonchev–Trinajstić information content (AvgIpc) is 2.64. The summed E-state index contributed by atoms with van der Waals surface area (Å²) in [4.78, 5) is 17.5. The summed E-state index contributed by atoms with van der Waals surface area (Å²) in [6, 6.07) is 4.36. The van der Waals surface area contributed by atoms with E-state index < -0.39 is 41.2 Å². The van der Waals surface area contributed by atoms with Gasteiger partial charge in [0.15, 0.2) is 5.15 Å². The zero-order chi connectivity index (χ0) is 19.9. The van der Waals surface area contributed by atoms with Crippen molar-refractivity contribution in [2.75, 3.05) is 18.6 Å². The summed E-state index contributed by atoms with van der Waals surface area (Å²) in [6.45, 7) is 1.73. The molecule has 0 N–H and O–H groups in total. The average molecular weight is 406 g/mol. The van der Waals surface area contributed by atoms with Crippen molar-refractivity contribution in [2.45, 2.75) is 31.6 Å². The van der Waals surface area contributed by atoms with Gasteiger partial charge in [-0.25, -0.2) is 0 Å². The minimum Gasteiger partial charge on any atom is -0.497 e. The van der Waals surface area contributed by atoms with Gasteiger partial charge in [-0.1, -0.05) is 23.7 Å². The molecule has 0 aliphatic carbocycles. The Morgan fingerprint density at radius 1 is 1.30 bits per heavy atom. The first-order valence-electron chi connectivity index (χ1n) is 8.10. The number of aromatic nitrogens is 2. The zero-order valence-electron chi connectivity index (χ0n) is 14.4. The van der Waals surface area contributed by atoms with Crippen LogP contribution < -0.4 is 15.2 Å². The van der Waals surface area contributed by atoms with E-state index in [0.29, 0.717) is 10.3 Å². The molecule has 10 heteroatoms. The summed E-state index contributed by atoms with van der Waals surface area (Å²) < 4.78 is 59.5. The summed E-state index contributed by atoms with van der Waals surface area (Å²) in [6.07, 6.45) is -5.12. The standard InChI is InChI=1S/C17H16ClF4N3O2/c1-9(10-3-5-11(27-2)6-4-10)24-8-7-12(17(20,21)22)25-15(26)13(19)14(18)23-16(24)25/h3-6,9,12H,7-8H2,1-2H3/t9-,12?/m0/s1. The third-order valence-electron chi connectivity index (χ3n) is 4.66. The van der Waals surface area contributed by atoms with Gasteiger partial charge in [0.25, 0.3) is 5.56 Å². The number of ether oxygens (including phenoxy) is 1. The molecule has 0 spiro atoms. The van der Waals surface area contributed by atoms with E-state index in [0.717, 1.165) is 5.56 Å². The zero-order valence-corrected chi connectivity index (χ0v) is 15.2. The molecule has 0 saturated carbocycles. The molecule has 1 aliphatic rings. The first-order valence-corrected chi connectivity index (χ1v) is 8.47. The highest BCUT2D eigenvalue weighted by Gasteiger charge is 2.46. The van der Waals surface area contributed by atoms with Crippen LogP contribution in [-0.4, -0.2) is 29.4 Å². The molecule has 3 rings (SSSR count). The highest BCUT2D eigenvalue weighted by molar-refractivity contribution is 6.29. The number of hydrogen-bond donors (Lipinski definition) is 0. The normalized spacial score (nSPS) is 18.2. The van der Waals surface area contributed by atoms with Crippen molar-refractivity contribution >= 4 is 17.5 Å². The molecule has 0 fully saturated rings. The monoisotopic (exact) mass is 405 g/mol. The van der Waals surface area contributed by atoms with Gasteiger partial charge in [0.1, 0.15) is 11.8 Å². The number of hydrogen-bond acceptors (Lipinski definition) is 4. The summed E-state index contributed by atoms with van der Waals surface area (Å²) in [7, 11) is 1.52. The molecule has 1 aromatic heterocycles. The number of benzene rings is 1. The van der Waals surface area contributed by atoms with Crippen LogP contribution in [0.5, 0.6) is 5.75 Å². The van der Waals surface area contributed by atoms with Gasteiger partial charge in [-0.05, 0) is 31.0 Å². The maximum absolute atomic E-state index is 13.9. The highest BCUT2D eigenvalue weighted by Crippen LogP contribution is 2.40. The van der Waals surface area contributed by atoms with Crippen LogP contribution in [0.1, 0.15) is 31.0 Å². The van der Waals surface area contributed by atoms with Crippen molar-refractivity contribution in [2.24, 2.45) is 0 Å². The first kappa shape index (κ1) is 19.5. The fourth-order valence-corrected chi connectivity index (χ4v) is 3.35. The number of rotatable bonds is 3. The van der Waals surface area contributed by atoms with Crippen molar-refractivity contribution in [3.05, 3.63) is 51.2 Å². The molecule has 2 heterocycles. The van der Waals surface area contributed by atoms with E-state index in [-0.39, 0.29) is 12.5 Å². The molecule has 0 saturated heterocycles. The fraction of sp³-hybridized carbons (Fsp3) is 0.412. The van der Waals surface area contributed by atoms with Gasteiger partial charge in [-0.2, -0.15) is 22.5 Å². The minimum absolute atomic E-state index is 0.0220. The second-order valence-corrected chi connectivity index (χ2v) is 6.54. The van der Waals surface area contributed by atoms with Crippen LogP contribution >= 0.6 is 11.6 Å². The predicted molar refractivity (Wildman–Crippen MR) is 91.9 cm³/mol. The number of anilines is 1. The molecule has 1 aromatic carbocycles. The van der Waals surface area contributed by atoms with E-state index in [1.165, 1.54) is 12.0 Å². The van der Waals surface area contributed by atoms with E-state index in [9.17, 15) is 22.4 Å². The quantitative estimate of drug-likeness (QED) is 0.569. The number of alkyl halides is 3. The Bertz CT molecular complexity index is 899. The van der Waals surface area contributed by atoms with Gasteiger partial charge in [0, 0.05) is 6.54 Å². The lowest BCUT2D eigenvalue weighted by Gasteiger charge is -2.39. The van der Waals surface area contributed by atoms with Crippen molar-refractivity contribution in [1.82, 2.24) is 9.55 Å². The third-order valence-corrected chi connectivity index (χ3v) is 4.91. The lowest BCUT2D eigenvalue weighted by Crippen LogP contribution is -2.47. The van der Waals surface area contributed by atoms with E-state index in [4.69, 9.17) is 16.3 Å². The molecule has 1 aliphatic heterocycles. The smallest absolute Gasteiger partial charge is 0.409 e. The molecule has 2 aromatic rings. The predicted octanol–water partition coefficient (Wildman–Crippen LogP) is 4.12. The molecule has 5 nitrogen and oxygen atoms in total. The Morgan fingerprint density at radius 2 is 1.93 bits per heavy atom. The molecule has 146 valence electrons. The van der Waals surface area contributed by atoms with E-state index >= 15 is 0 Å². The molecule has 2 atom stereocenters. The van der Waals surface area contributed by atoms with E-state index in [2.05, 4.69) is 4.98 Å². The lowest BCUT2D eigenvalue weighted by atomic mass is 10.0. The van der Waals surface area contributed by atoms with Crippen LogP contribution in [0, 0.1) is 5.82 Å². The van der Waals surface area contributed by atoms with Gasteiger partial charge in [-0.3, -0.25) is 9.36 Å². The van der Waals surface area contributed by atoms with Gasteiger partial charge >= 0.3 is 6.18 Å². The largest absolute Gasteiger partial charge is 0.497 e. The summed E-state index contributed by atoms with van der Waals surface area (Å²) in [5, 5.41) is -0.749. The topological polar surface area (TPSA) is 47.4 Å². The molecule has 0 radical (unpaired) electrons. The maximum atomic E-state index is 13.9. The van der Waals surface area contributed by atoms with Crippen LogP contribution in [0.25, 0.3) is 0 Å². The van der Waals surface area contributed by atoms with Gasteiger partial charge in [0.2, 0.25) is 11.8 Å². The van der Waals surface area contributed by atoms with Crippen molar-refractivity contribution in [3.63, 3.8) is 0 Å². The lowest BCUT2D eigenvalue weighted by molar-refractivity contribution is -0.171.